The molecule has 0 saturated heterocycles. The predicted octanol–water partition coefficient (Wildman–Crippen LogP) is 4.57. The van der Waals surface area contributed by atoms with Crippen molar-refractivity contribution in [2.24, 2.45) is 0 Å². The molecule has 27 heavy (non-hydrogen) atoms. The molecule has 2 amide bonds. The number of hydrogen-bond acceptors (Lipinski definition) is 3. The molecule has 0 spiro atoms. The third kappa shape index (κ3) is 5.29. The summed E-state index contributed by atoms with van der Waals surface area (Å²) in [7, 11) is 0. The monoisotopic (exact) mass is 399 g/mol. The molecule has 3 rings (SSSR count). The van der Waals surface area contributed by atoms with Crippen LogP contribution in [0.25, 0.3) is 0 Å². The lowest BCUT2D eigenvalue weighted by atomic mass is 10.2. The summed E-state index contributed by atoms with van der Waals surface area (Å²) in [6.45, 7) is 0.271. The van der Waals surface area contributed by atoms with Crippen LogP contribution in [0.15, 0.2) is 66.9 Å². The van der Waals surface area contributed by atoms with Gasteiger partial charge in [-0.3, -0.25) is 9.59 Å². The fourth-order valence-electron chi connectivity index (χ4n) is 2.42. The van der Waals surface area contributed by atoms with E-state index < -0.39 is 0 Å². The molecule has 2 N–H and O–H groups in total. The van der Waals surface area contributed by atoms with E-state index in [1.165, 1.54) is 12.3 Å². The molecule has 0 bridgehead atoms. The van der Waals surface area contributed by atoms with Crippen LogP contribution < -0.4 is 10.6 Å². The van der Waals surface area contributed by atoms with E-state index in [1.54, 1.807) is 48.5 Å². The van der Waals surface area contributed by atoms with Crippen LogP contribution in [0.2, 0.25) is 10.0 Å². The first kappa shape index (κ1) is 18.9. The van der Waals surface area contributed by atoms with E-state index in [2.05, 4.69) is 15.6 Å². The SMILES string of the molecule is O=C(NCc1cc(Cl)cc(Cl)c1)c1ccnc(NC(=O)c2ccccc2)c1. The van der Waals surface area contributed by atoms with Gasteiger partial charge in [0.1, 0.15) is 5.82 Å². The average Bonchev–Trinajstić information content (AvgIpc) is 2.66. The minimum atomic E-state index is -0.302. The lowest BCUT2D eigenvalue weighted by molar-refractivity contribution is 0.0949. The molecule has 1 aromatic heterocycles. The third-order valence-corrected chi connectivity index (χ3v) is 4.11. The minimum Gasteiger partial charge on any atom is -0.348 e. The maximum atomic E-state index is 12.4. The van der Waals surface area contributed by atoms with Crippen LogP contribution in [0, 0.1) is 0 Å². The molecule has 0 saturated carbocycles. The van der Waals surface area contributed by atoms with Crippen molar-refractivity contribution in [3.63, 3.8) is 0 Å². The molecule has 0 atom stereocenters. The Kier molecular flexibility index (Phi) is 6.06. The van der Waals surface area contributed by atoms with E-state index in [4.69, 9.17) is 23.2 Å². The molecule has 0 aliphatic rings. The Morgan fingerprint density at radius 2 is 1.56 bits per heavy atom. The maximum Gasteiger partial charge on any atom is 0.256 e. The summed E-state index contributed by atoms with van der Waals surface area (Å²) >= 11 is 11.9. The normalized spacial score (nSPS) is 10.3. The zero-order valence-electron chi connectivity index (χ0n) is 14.1. The van der Waals surface area contributed by atoms with Crippen LogP contribution in [-0.4, -0.2) is 16.8 Å². The molecule has 7 heteroatoms. The lowest BCUT2D eigenvalue weighted by Crippen LogP contribution is -2.23. The number of hydrogen-bond donors (Lipinski definition) is 2. The second-order valence-electron chi connectivity index (χ2n) is 5.71. The van der Waals surface area contributed by atoms with Crippen molar-refractivity contribution in [3.05, 3.63) is 93.6 Å². The van der Waals surface area contributed by atoms with Gasteiger partial charge in [-0.2, -0.15) is 0 Å². The molecular formula is C20H15Cl2N3O2. The molecule has 0 radical (unpaired) electrons. The number of anilines is 1. The molecule has 3 aromatic rings. The highest BCUT2D eigenvalue weighted by Gasteiger charge is 2.10. The Morgan fingerprint density at radius 1 is 0.852 bits per heavy atom. The van der Waals surface area contributed by atoms with Gasteiger partial charge in [0.05, 0.1) is 0 Å². The lowest BCUT2D eigenvalue weighted by Gasteiger charge is -2.08. The summed E-state index contributed by atoms with van der Waals surface area (Å²) in [5.74, 6) is -0.305. The predicted molar refractivity (Wildman–Crippen MR) is 106 cm³/mol. The Bertz CT molecular complexity index is 958. The van der Waals surface area contributed by atoms with E-state index in [9.17, 15) is 9.59 Å². The van der Waals surface area contributed by atoms with Crippen LogP contribution in [0.3, 0.4) is 0 Å². The number of benzene rings is 2. The fourth-order valence-corrected chi connectivity index (χ4v) is 2.99. The number of carbonyl (C=O) groups is 2. The van der Waals surface area contributed by atoms with Crippen molar-refractivity contribution in [3.8, 4) is 0 Å². The second kappa shape index (κ2) is 8.66. The maximum absolute atomic E-state index is 12.4. The van der Waals surface area contributed by atoms with Crippen LogP contribution in [0.4, 0.5) is 5.82 Å². The Balaban J connectivity index is 1.65. The number of halogens is 2. The van der Waals surface area contributed by atoms with E-state index >= 15 is 0 Å². The van der Waals surface area contributed by atoms with Gasteiger partial charge in [0.25, 0.3) is 11.8 Å². The largest absolute Gasteiger partial charge is 0.348 e. The van der Waals surface area contributed by atoms with Crippen molar-refractivity contribution in [2.45, 2.75) is 6.54 Å². The molecule has 0 aliphatic heterocycles. The molecule has 0 aliphatic carbocycles. The van der Waals surface area contributed by atoms with Gasteiger partial charge >= 0.3 is 0 Å². The van der Waals surface area contributed by atoms with Gasteiger partial charge < -0.3 is 10.6 Å². The number of amides is 2. The summed E-state index contributed by atoms with van der Waals surface area (Å²) < 4.78 is 0. The van der Waals surface area contributed by atoms with E-state index in [-0.39, 0.29) is 18.4 Å². The van der Waals surface area contributed by atoms with Gasteiger partial charge in [0.2, 0.25) is 0 Å². The summed E-state index contributed by atoms with van der Waals surface area (Å²) in [6, 6.07) is 16.9. The van der Waals surface area contributed by atoms with E-state index in [0.717, 1.165) is 5.56 Å². The van der Waals surface area contributed by atoms with Crippen molar-refractivity contribution >= 4 is 40.8 Å². The number of nitrogens with zero attached hydrogens (tertiary/aromatic N) is 1. The quantitative estimate of drug-likeness (QED) is 0.659. The smallest absolute Gasteiger partial charge is 0.256 e. The number of rotatable bonds is 5. The summed E-state index contributed by atoms with van der Waals surface area (Å²) in [5.41, 5.74) is 1.67. The first-order valence-electron chi connectivity index (χ1n) is 8.07. The van der Waals surface area contributed by atoms with Crippen LogP contribution in [0.5, 0.6) is 0 Å². The van der Waals surface area contributed by atoms with Gasteiger partial charge in [-0.05, 0) is 48.0 Å². The molecule has 0 fully saturated rings. The second-order valence-corrected chi connectivity index (χ2v) is 6.58. The Morgan fingerprint density at radius 3 is 2.26 bits per heavy atom. The van der Waals surface area contributed by atoms with Crippen molar-refractivity contribution in [2.75, 3.05) is 5.32 Å². The average molecular weight is 400 g/mol. The van der Waals surface area contributed by atoms with Gasteiger partial charge in [-0.25, -0.2) is 4.98 Å². The number of carbonyl (C=O) groups excluding carboxylic acids is 2. The third-order valence-electron chi connectivity index (χ3n) is 3.68. The highest BCUT2D eigenvalue weighted by molar-refractivity contribution is 6.34. The zero-order valence-corrected chi connectivity index (χ0v) is 15.6. The first-order chi connectivity index (χ1) is 13.0. The first-order valence-corrected chi connectivity index (χ1v) is 8.82. The minimum absolute atomic E-state index is 0.271. The molecular weight excluding hydrogens is 385 g/mol. The van der Waals surface area contributed by atoms with Crippen molar-refractivity contribution < 1.29 is 9.59 Å². The van der Waals surface area contributed by atoms with Gasteiger partial charge in [0.15, 0.2) is 0 Å². The highest BCUT2D eigenvalue weighted by Crippen LogP contribution is 2.19. The van der Waals surface area contributed by atoms with Crippen molar-refractivity contribution in [1.82, 2.24) is 10.3 Å². The Hall–Kier alpha value is -2.89. The van der Waals surface area contributed by atoms with Crippen LogP contribution >= 0.6 is 23.2 Å². The van der Waals surface area contributed by atoms with E-state index in [0.29, 0.717) is 27.0 Å². The van der Waals surface area contributed by atoms with Gasteiger partial charge in [0, 0.05) is 33.9 Å². The molecule has 0 unspecified atom stereocenters. The molecule has 136 valence electrons. The Labute approximate surface area is 166 Å². The van der Waals surface area contributed by atoms with Gasteiger partial charge in [-0.1, -0.05) is 41.4 Å². The standard InChI is InChI=1S/C20H15Cl2N3O2/c21-16-8-13(9-17(22)11-16)12-24-19(26)15-6-7-23-18(10-15)25-20(27)14-4-2-1-3-5-14/h1-11H,12H2,(H,24,26)(H,23,25,27). The van der Waals surface area contributed by atoms with Gasteiger partial charge in [-0.15, -0.1) is 0 Å². The van der Waals surface area contributed by atoms with Crippen LogP contribution in [-0.2, 0) is 6.54 Å². The summed E-state index contributed by atoms with van der Waals surface area (Å²) in [6.07, 6.45) is 1.46. The number of nitrogens with one attached hydrogen (secondary N) is 2. The topological polar surface area (TPSA) is 71.1 Å². The summed E-state index contributed by atoms with van der Waals surface area (Å²) in [5, 5.41) is 6.47. The van der Waals surface area contributed by atoms with E-state index in [1.807, 2.05) is 6.07 Å². The summed E-state index contributed by atoms with van der Waals surface area (Å²) in [4.78, 5) is 28.7. The number of aromatic nitrogens is 1. The van der Waals surface area contributed by atoms with Crippen LogP contribution in [0.1, 0.15) is 26.3 Å². The zero-order chi connectivity index (χ0) is 19.2. The highest BCUT2D eigenvalue weighted by atomic mass is 35.5. The molecule has 5 nitrogen and oxygen atoms in total. The van der Waals surface area contributed by atoms with Crippen molar-refractivity contribution in [1.29, 1.82) is 0 Å². The fraction of sp³-hybridized carbons (Fsp3) is 0.0500. The number of pyridine rings is 1. The molecule has 1 heterocycles. The molecule has 2 aromatic carbocycles.